The van der Waals surface area contributed by atoms with Crippen molar-refractivity contribution in [2.24, 2.45) is 0 Å². The first-order valence-electron chi connectivity index (χ1n) is 1.76. The van der Waals surface area contributed by atoms with Crippen molar-refractivity contribution in [2.45, 2.75) is 0 Å². The predicted octanol–water partition coefficient (Wildman–Crippen LogP) is 0.289. The fraction of sp³-hybridized carbons (Fsp3) is 0. The molecule has 0 saturated carbocycles. The van der Waals surface area contributed by atoms with Gasteiger partial charge in [-0.2, -0.15) is 0 Å². The van der Waals surface area contributed by atoms with E-state index >= 15 is 0 Å². The molecule has 0 fully saturated rings. The van der Waals surface area contributed by atoms with Gasteiger partial charge in [0.2, 0.25) is 8.35 Å². The maximum atomic E-state index is 3.75. The summed E-state index contributed by atoms with van der Waals surface area (Å²) in [7, 11) is -0.618. The highest BCUT2D eigenvalue weighted by Gasteiger charge is 1.64. The lowest BCUT2D eigenvalue weighted by atomic mass is 11.0. The van der Waals surface area contributed by atoms with Crippen molar-refractivity contribution in [1.82, 2.24) is 9.28 Å². The van der Waals surface area contributed by atoms with Gasteiger partial charge >= 0.3 is 0 Å². The Labute approximate surface area is 37.2 Å². The van der Waals surface area contributed by atoms with Gasteiger partial charge in [0.05, 0.1) is 0 Å². The van der Waals surface area contributed by atoms with Gasteiger partial charge in [0, 0.05) is 12.4 Å². The molecule has 0 saturated heterocycles. The molecule has 6 heavy (non-hydrogen) atoms. The van der Waals surface area contributed by atoms with Crippen LogP contribution in [0, 0.1) is 6.17 Å². The Morgan fingerprint density at radius 1 is 1.33 bits per heavy atom. The van der Waals surface area contributed by atoms with E-state index < -0.39 is 8.35 Å². The van der Waals surface area contributed by atoms with Gasteiger partial charge in [-0.15, -0.1) is 0 Å². The summed E-state index contributed by atoms with van der Waals surface area (Å²) in [6.07, 6.45) is 7.51. The summed E-state index contributed by atoms with van der Waals surface area (Å²) in [5.41, 5.74) is 0. The fourth-order valence-electron chi connectivity index (χ4n) is 0.326. The Morgan fingerprint density at radius 2 is 1.83 bits per heavy atom. The molecular formula is C3H6N2Si. The minimum atomic E-state index is -0.618. The fourth-order valence-corrected chi connectivity index (χ4v) is 0.979. The van der Waals surface area contributed by atoms with Crippen LogP contribution in [0.3, 0.4) is 0 Å². The lowest BCUT2D eigenvalue weighted by Crippen LogP contribution is -1.76. The van der Waals surface area contributed by atoms with E-state index in [1.807, 2.05) is 12.4 Å². The number of hydrogen-bond donors (Lipinski definition) is 2. The van der Waals surface area contributed by atoms with Crippen molar-refractivity contribution in [3.8, 4) is 0 Å². The van der Waals surface area contributed by atoms with Crippen molar-refractivity contribution >= 4 is 8.35 Å². The second kappa shape index (κ2) is 1.26. The third kappa shape index (κ3) is 0.489. The second-order valence-corrected chi connectivity index (χ2v) is 2.64. The molecule has 0 aliphatic heterocycles. The molecule has 3 heteroatoms. The van der Waals surface area contributed by atoms with Crippen LogP contribution >= 0.6 is 0 Å². The second-order valence-electron chi connectivity index (χ2n) is 1.10. The van der Waals surface area contributed by atoms with Crippen molar-refractivity contribution in [3.05, 3.63) is 18.6 Å². The molecule has 1 rings (SSSR count). The van der Waals surface area contributed by atoms with E-state index in [9.17, 15) is 0 Å². The van der Waals surface area contributed by atoms with Crippen LogP contribution in [0.1, 0.15) is 0 Å². The van der Waals surface area contributed by atoms with Gasteiger partial charge in [0.1, 0.15) is 0 Å². The topological polar surface area (TPSA) is 31.6 Å². The average Bonchev–Trinajstić information content (AvgIpc) is 1.86. The van der Waals surface area contributed by atoms with Gasteiger partial charge in [-0.25, -0.2) is 0 Å². The smallest absolute Gasteiger partial charge is 0.243 e. The average molecular weight is 98.2 g/mol. The Balaban J connectivity index is 3.41. The number of aromatic amines is 2. The molecular weight excluding hydrogens is 92.1 g/mol. The summed E-state index contributed by atoms with van der Waals surface area (Å²) in [6, 6.07) is 0. The van der Waals surface area contributed by atoms with Crippen molar-refractivity contribution in [2.75, 3.05) is 0 Å². The Morgan fingerprint density at radius 3 is 2.00 bits per heavy atom. The molecule has 0 atom stereocenters. The molecule has 2 nitrogen and oxygen atoms in total. The highest BCUT2D eigenvalue weighted by atomic mass is 28.2. The Kier molecular flexibility index (Phi) is 0.758. The SMILES string of the molecule is C=[si]1[nH]cc[nH]1. The standard InChI is InChI=1S/C3H6N2Si/c1-6-4-2-3-5-6/h2-5H,1H2. The lowest BCUT2D eigenvalue weighted by molar-refractivity contribution is 1.53. The quantitative estimate of drug-likeness (QED) is 0.437. The molecule has 1 aromatic heterocycles. The highest BCUT2D eigenvalue weighted by Crippen LogP contribution is 1.59. The monoisotopic (exact) mass is 98.0 g/mol. The van der Waals surface area contributed by atoms with E-state index in [2.05, 4.69) is 15.5 Å². The number of hydrogen-bond acceptors (Lipinski definition) is 0. The molecule has 32 valence electrons. The predicted molar refractivity (Wildman–Crippen MR) is 26.3 cm³/mol. The summed E-state index contributed by atoms with van der Waals surface area (Å²) in [5.74, 6) is 0. The Bertz CT molecular complexity index is 147. The first-order chi connectivity index (χ1) is 2.89. The van der Waals surface area contributed by atoms with Gasteiger partial charge in [0.25, 0.3) is 0 Å². The maximum absolute atomic E-state index is 3.75. The number of rotatable bonds is 0. The minimum absolute atomic E-state index is 0.618. The minimum Gasteiger partial charge on any atom is -0.381 e. The largest absolute Gasteiger partial charge is 0.381 e. The summed E-state index contributed by atoms with van der Waals surface area (Å²) < 4.78 is 6.04. The molecule has 0 aromatic carbocycles. The van der Waals surface area contributed by atoms with Crippen molar-refractivity contribution in [1.29, 1.82) is 0 Å². The molecule has 0 amide bonds. The van der Waals surface area contributed by atoms with E-state index in [0.717, 1.165) is 0 Å². The molecule has 0 aliphatic rings. The van der Waals surface area contributed by atoms with Crippen LogP contribution in [0.5, 0.6) is 0 Å². The van der Waals surface area contributed by atoms with Crippen LogP contribution in [0.25, 0.3) is 0 Å². The van der Waals surface area contributed by atoms with Gasteiger partial charge in [-0.05, 0) is 0 Å². The molecule has 1 heterocycles. The zero-order valence-corrected chi connectivity index (χ0v) is 4.36. The number of H-pyrrole nitrogens is 2. The normalized spacial score (nSPS) is 8.67. The van der Waals surface area contributed by atoms with Gasteiger partial charge in [0.15, 0.2) is 0 Å². The molecule has 0 radical (unpaired) electrons. The molecule has 2 N–H and O–H groups in total. The first kappa shape index (κ1) is 3.61. The number of nitrogens with one attached hydrogen (secondary N) is 2. The van der Waals surface area contributed by atoms with E-state index in [1.54, 1.807) is 0 Å². The Hall–Kier alpha value is -0.573. The summed E-state index contributed by atoms with van der Waals surface area (Å²) >= 11 is 0. The van der Waals surface area contributed by atoms with Gasteiger partial charge in [-0.3, -0.25) is 0 Å². The van der Waals surface area contributed by atoms with E-state index in [0.29, 0.717) is 0 Å². The third-order valence-electron chi connectivity index (χ3n) is 0.598. The summed E-state index contributed by atoms with van der Waals surface area (Å²) in [5, 5.41) is 0. The van der Waals surface area contributed by atoms with Gasteiger partial charge in [-0.1, -0.05) is 6.17 Å². The van der Waals surface area contributed by atoms with Crippen molar-refractivity contribution in [3.63, 3.8) is 0 Å². The molecule has 1 aromatic rings. The number of aromatic nitrogens is 2. The van der Waals surface area contributed by atoms with Crippen LogP contribution in [-0.2, 0) is 0 Å². The maximum Gasteiger partial charge on any atom is 0.243 e. The van der Waals surface area contributed by atoms with Gasteiger partial charge < -0.3 is 9.28 Å². The molecule has 0 aliphatic carbocycles. The van der Waals surface area contributed by atoms with E-state index in [4.69, 9.17) is 0 Å². The highest BCUT2D eigenvalue weighted by molar-refractivity contribution is 6.27. The summed E-state index contributed by atoms with van der Waals surface area (Å²) in [4.78, 5) is 0. The van der Waals surface area contributed by atoms with Crippen LogP contribution < -0.4 is 0 Å². The molecule has 0 spiro atoms. The summed E-state index contributed by atoms with van der Waals surface area (Å²) in [6.45, 7) is 0. The van der Waals surface area contributed by atoms with Crippen molar-refractivity contribution < 1.29 is 0 Å². The lowest BCUT2D eigenvalue weighted by Gasteiger charge is -1.56. The van der Waals surface area contributed by atoms with Crippen LogP contribution in [0.2, 0.25) is 0 Å². The van der Waals surface area contributed by atoms with E-state index in [1.165, 1.54) is 0 Å². The van der Waals surface area contributed by atoms with Crippen LogP contribution in [-0.4, -0.2) is 17.6 Å². The van der Waals surface area contributed by atoms with Crippen LogP contribution in [0.4, 0.5) is 0 Å². The zero-order valence-electron chi connectivity index (χ0n) is 3.36. The first-order valence-corrected chi connectivity index (χ1v) is 3.47. The third-order valence-corrected chi connectivity index (χ3v) is 1.63. The van der Waals surface area contributed by atoms with Crippen LogP contribution in [0.15, 0.2) is 12.4 Å². The van der Waals surface area contributed by atoms with E-state index in [-0.39, 0.29) is 0 Å². The zero-order chi connectivity index (χ0) is 4.41. The molecule has 0 unspecified atom stereocenters. The molecule has 0 bridgehead atoms.